The van der Waals surface area contributed by atoms with E-state index in [1.807, 2.05) is 80.7 Å². The Morgan fingerprint density at radius 3 is 2.39 bits per heavy atom. The molecule has 5 N–H and O–H groups in total. The van der Waals surface area contributed by atoms with Gasteiger partial charge in [-0.1, -0.05) is 56.8 Å². The number of para-hydroxylation sites is 2. The lowest BCUT2D eigenvalue weighted by Gasteiger charge is -2.15. The highest BCUT2D eigenvalue weighted by Crippen LogP contribution is 2.22. The van der Waals surface area contributed by atoms with E-state index in [4.69, 9.17) is 11.1 Å². The summed E-state index contributed by atoms with van der Waals surface area (Å²) in [5.41, 5.74) is 8.59. The molecule has 7 nitrogen and oxygen atoms in total. The maximum absolute atomic E-state index is 8.71. The van der Waals surface area contributed by atoms with Gasteiger partial charge in [-0.2, -0.15) is 12.6 Å². The SMILES string of the molecule is C=CS.CC.N=C(c1c(N)ncnc1NCCNc1ccccc1)n1ccc2ccccc21. The number of aromatic nitrogens is 3. The highest BCUT2D eigenvalue weighted by molar-refractivity contribution is 7.83. The molecule has 0 aliphatic rings. The van der Waals surface area contributed by atoms with Crippen molar-refractivity contribution < 1.29 is 0 Å². The predicted octanol–water partition coefficient (Wildman–Crippen LogP) is 5.50. The maximum atomic E-state index is 8.71. The van der Waals surface area contributed by atoms with Crippen molar-refractivity contribution in [1.29, 1.82) is 5.41 Å². The van der Waals surface area contributed by atoms with Crippen molar-refractivity contribution in [3.8, 4) is 0 Å². The van der Waals surface area contributed by atoms with Gasteiger partial charge in [-0.25, -0.2) is 9.97 Å². The first-order valence-electron chi connectivity index (χ1n) is 10.7. The fourth-order valence-corrected chi connectivity index (χ4v) is 3.11. The van der Waals surface area contributed by atoms with Crippen LogP contribution in [-0.2, 0) is 0 Å². The van der Waals surface area contributed by atoms with Crippen molar-refractivity contribution in [3.05, 3.63) is 90.7 Å². The van der Waals surface area contributed by atoms with Crippen LogP contribution in [0.4, 0.5) is 17.3 Å². The maximum Gasteiger partial charge on any atom is 0.144 e. The lowest BCUT2D eigenvalue weighted by atomic mass is 10.2. The van der Waals surface area contributed by atoms with Gasteiger partial charge in [0.25, 0.3) is 0 Å². The predicted molar refractivity (Wildman–Crippen MR) is 145 cm³/mol. The van der Waals surface area contributed by atoms with Crippen molar-refractivity contribution in [2.45, 2.75) is 13.8 Å². The summed E-state index contributed by atoms with van der Waals surface area (Å²) in [6.45, 7) is 8.55. The highest BCUT2D eigenvalue weighted by atomic mass is 32.1. The van der Waals surface area contributed by atoms with Crippen molar-refractivity contribution in [3.63, 3.8) is 0 Å². The van der Waals surface area contributed by atoms with Crippen LogP contribution in [0.3, 0.4) is 0 Å². The number of hydrogen-bond acceptors (Lipinski definition) is 7. The Labute approximate surface area is 200 Å². The van der Waals surface area contributed by atoms with Gasteiger partial charge < -0.3 is 20.9 Å². The average Bonchev–Trinajstić information content (AvgIpc) is 3.28. The lowest BCUT2D eigenvalue weighted by Crippen LogP contribution is -2.20. The largest absolute Gasteiger partial charge is 0.383 e. The quantitative estimate of drug-likeness (QED) is 0.113. The van der Waals surface area contributed by atoms with E-state index in [-0.39, 0.29) is 11.7 Å². The van der Waals surface area contributed by atoms with Crippen LogP contribution in [0, 0.1) is 5.41 Å². The van der Waals surface area contributed by atoms with E-state index in [1.54, 1.807) is 4.57 Å². The fourth-order valence-electron chi connectivity index (χ4n) is 3.11. The van der Waals surface area contributed by atoms with Gasteiger partial charge in [-0.05, 0) is 35.1 Å². The number of nitrogens with one attached hydrogen (secondary N) is 3. The van der Waals surface area contributed by atoms with Gasteiger partial charge >= 0.3 is 0 Å². The highest BCUT2D eigenvalue weighted by Gasteiger charge is 2.17. The number of rotatable bonds is 6. The molecule has 4 aromatic rings. The van der Waals surface area contributed by atoms with Gasteiger partial charge in [0, 0.05) is 25.0 Å². The normalized spacial score (nSPS) is 9.67. The molecular weight excluding hydrogens is 430 g/mol. The zero-order chi connectivity index (χ0) is 24.1. The van der Waals surface area contributed by atoms with Gasteiger partial charge in [0.05, 0.1) is 5.52 Å². The van der Waals surface area contributed by atoms with E-state index in [9.17, 15) is 0 Å². The second-order valence-corrected chi connectivity index (χ2v) is 6.84. The molecular formula is C25H31N7S. The zero-order valence-electron chi connectivity index (χ0n) is 19.0. The lowest BCUT2D eigenvalue weighted by molar-refractivity contribution is 1.04. The van der Waals surface area contributed by atoms with Gasteiger partial charge in [0.15, 0.2) is 0 Å². The van der Waals surface area contributed by atoms with E-state index in [0.717, 1.165) is 16.6 Å². The monoisotopic (exact) mass is 461 g/mol. The van der Waals surface area contributed by atoms with Crippen LogP contribution in [0.5, 0.6) is 0 Å². The van der Waals surface area contributed by atoms with Crippen molar-refractivity contribution in [2.24, 2.45) is 0 Å². The molecule has 0 bridgehead atoms. The molecule has 2 aromatic carbocycles. The molecule has 0 saturated heterocycles. The van der Waals surface area contributed by atoms with E-state index in [1.165, 1.54) is 11.7 Å². The molecule has 0 saturated carbocycles. The number of fused-ring (bicyclic) bond motifs is 1. The minimum atomic E-state index is 0.234. The van der Waals surface area contributed by atoms with Gasteiger partial charge in [0.2, 0.25) is 0 Å². The first-order valence-corrected chi connectivity index (χ1v) is 11.2. The second-order valence-electron chi connectivity index (χ2n) is 6.48. The van der Waals surface area contributed by atoms with E-state index in [0.29, 0.717) is 24.5 Å². The summed E-state index contributed by atoms with van der Waals surface area (Å²) in [6, 6.07) is 19.9. The third-order valence-corrected chi connectivity index (χ3v) is 4.47. The summed E-state index contributed by atoms with van der Waals surface area (Å²) in [4.78, 5) is 8.39. The van der Waals surface area contributed by atoms with Crippen LogP contribution in [0.1, 0.15) is 19.4 Å². The van der Waals surface area contributed by atoms with Crippen molar-refractivity contribution >= 4 is 46.7 Å². The van der Waals surface area contributed by atoms with E-state index < -0.39 is 0 Å². The molecule has 0 spiro atoms. The molecule has 8 heteroatoms. The van der Waals surface area contributed by atoms with Crippen LogP contribution >= 0.6 is 12.6 Å². The third kappa shape index (κ3) is 6.85. The Bertz CT molecular complexity index is 1160. The second kappa shape index (κ2) is 13.6. The zero-order valence-corrected chi connectivity index (χ0v) is 19.9. The average molecular weight is 462 g/mol. The molecule has 0 unspecified atom stereocenters. The van der Waals surface area contributed by atoms with E-state index in [2.05, 4.69) is 39.8 Å². The van der Waals surface area contributed by atoms with Crippen LogP contribution in [0.25, 0.3) is 10.9 Å². The molecule has 172 valence electrons. The smallest absolute Gasteiger partial charge is 0.144 e. The summed E-state index contributed by atoms with van der Waals surface area (Å²) in [5, 5.41) is 17.8. The van der Waals surface area contributed by atoms with Crippen LogP contribution < -0.4 is 16.4 Å². The third-order valence-electron chi connectivity index (χ3n) is 4.47. The topological polar surface area (TPSA) is 105 Å². The number of thiol groups is 1. The Morgan fingerprint density at radius 1 is 1.03 bits per heavy atom. The molecule has 0 aliphatic heterocycles. The van der Waals surface area contributed by atoms with Gasteiger partial charge in [-0.15, -0.1) is 0 Å². The molecule has 2 heterocycles. The molecule has 33 heavy (non-hydrogen) atoms. The number of nitrogen functional groups attached to an aromatic ring is 1. The van der Waals surface area contributed by atoms with Crippen LogP contribution in [0.2, 0.25) is 0 Å². The van der Waals surface area contributed by atoms with Crippen LogP contribution in [-0.4, -0.2) is 33.5 Å². The van der Waals surface area contributed by atoms with Gasteiger partial charge in [-0.3, -0.25) is 5.41 Å². The number of anilines is 3. The summed E-state index contributed by atoms with van der Waals surface area (Å²) in [6.07, 6.45) is 3.27. The van der Waals surface area contributed by atoms with Gasteiger partial charge in [0.1, 0.15) is 29.4 Å². The number of benzene rings is 2. The minimum Gasteiger partial charge on any atom is -0.383 e. The van der Waals surface area contributed by atoms with Crippen molar-refractivity contribution in [1.82, 2.24) is 14.5 Å². The molecule has 0 amide bonds. The van der Waals surface area contributed by atoms with Crippen LogP contribution in [0.15, 0.2) is 85.2 Å². The molecule has 0 atom stereocenters. The summed E-state index contributed by atoms with van der Waals surface area (Å²) >= 11 is 3.55. The fraction of sp³-hybridized carbons (Fsp3) is 0.160. The Hall–Kier alpha value is -3.78. The first-order chi connectivity index (χ1) is 16.2. The molecule has 0 aliphatic carbocycles. The van der Waals surface area contributed by atoms with Crippen molar-refractivity contribution in [2.75, 3.05) is 29.5 Å². The van der Waals surface area contributed by atoms with E-state index >= 15 is 0 Å². The Morgan fingerprint density at radius 2 is 1.67 bits per heavy atom. The summed E-state index contributed by atoms with van der Waals surface area (Å²) < 4.78 is 1.79. The minimum absolute atomic E-state index is 0.234. The number of hydrogen-bond donors (Lipinski definition) is 5. The molecule has 0 radical (unpaired) electrons. The number of nitrogens with two attached hydrogens (primary N) is 1. The Kier molecular flexibility index (Phi) is 10.5. The standard InChI is InChI=1S/C21H21N7.C2H4S.C2H6/c22-19-18(20(23)28-13-10-15-6-4-5-9-17(15)28)21(27-14-26-19)25-12-11-24-16-7-2-1-3-8-16;1-2-3;1-2/h1-10,13-14,23-24H,11-12H2,(H3,22,25,26,27);2-3H,1H2;1-2H3. The molecule has 4 rings (SSSR count). The first kappa shape index (κ1) is 25.5. The Balaban J connectivity index is 0.000000714. The summed E-state index contributed by atoms with van der Waals surface area (Å²) in [7, 11) is 0. The molecule has 0 fully saturated rings. The molecule has 2 aromatic heterocycles. The summed E-state index contributed by atoms with van der Waals surface area (Å²) in [5.74, 6) is 1.05. The number of nitrogens with zero attached hydrogens (tertiary/aromatic N) is 3.